The van der Waals surface area contributed by atoms with Gasteiger partial charge < -0.3 is 9.50 Å². The number of pyridine rings is 1. The summed E-state index contributed by atoms with van der Waals surface area (Å²) in [6, 6.07) is 18.3. The Bertz CT molecular complexity index is 1420. The summed E-state index contributed by atoms with van der Waals surface area (Å²) >= 11 is 0. The molecule has 0 amide bonds. The molecule has 0 unspecified atom stereocenters. The van der Waals surface area contributed by atoms with E-state index < -0.39 is 10.1 Å². The van der Waals surface area contributed by atoms with Gasteiger partial charge in [0, 0.05) is 17.8 Å². The maximum absolute atomic E-state index is 13.1. The zero-order valence-electron chi connectivity index (χ0n) is 19.5. The van der Waals surface area contributed by atoms with E-state index in [9.17, 15) is 8.42 Å². The molecule has 0 aliphatic heterocycles. The molecular formula is C27H29N3O3S. The predicted octanol–water partition coefficient (Wildman–Crippen LogP) is 6.13. The molecule has 6 nitrogen and oxygen atoms in total. The zero-order chi connectivity index (χ0) is 23.7. The molecule has 5 rings (SSSR count). The first-order valence-electron chi connectivity index (χ1n) is 11.8. The van der Waals surface area contributed by atoms with Crippen molar-refractivity contribution in [3.63, 3.8) is 0 Å². The third-order valence-corrected chi connectivity index (χ3v) is 7.63. The van der Waals surface area contributed by atoms with Gasteiger partial charge in [-0.25, -0.2) is 4.98 Å². The second-order valence-electron chi connectivity index (χ2n) is 9.07. The molecule has 1 aliphatic rings. The summed E-state index contributed by atoms with van der Waals surface area (Å²) in [6.45, 7) is 3.95. The molecule has 2 heterocycles. The molecule has 4 aromatic rings. The minimum Gasteiger partial charge on any atom is -0.378 e. The van der Waals surface area contributed by atoms with Gasteiger partial charge in [-0.3, -0.25) is 4.40 Å². The van der Waals surface area contributed by atoms with Gasteiger partial charge in [0.2, 0.25) is 0 Å². The molecule has 0 saturated heterocycles. The van der Waals surface area contributed by atoms with E-state index in [1.807, 2.05) is 42.6 Å². The lowest BCUT2D eigenvalue weighted by Gasteiger charge is -2.24. The second kappa shape index (κ2) is 9.14. The van der Waals surface area contributed by atoms with Crippen LogP contribution in [0.15, 0.2) is 71.8 Å². The van der Waals surface area contributed by atoms with Gasteiger partial charge in [-0.1, -0.05) is 49.1 Å². The average molecular weight is 476 g/mol. The molecule has 0 radical (unpaired) electrons. The minimum atomic E-state index is -3.99. The van der Waals surface area contributed by atoms with Gasteiger partial charge in [0.25, 0.3) is 0 Å². The van der Waals surface area contributed by atoms with Gasteiger partial charge in [0.1, 0.15) is 22.1 Å². The van der Waals surface area contributed by atoms with E-state index in [-0.39, 0.29) is 10.6 Å². The normalized spacial score (nSPS) is 14.9. The SMILES string of the molecule is Cc1ccc(S(=O)(=O)Oc2ccccc2-c2nc3cc(C)ccn3c2NC2CCCCC2)cc1. The quantitative estimate of drug-likeness (QED) is 0.340. The van der Waals surface area contributed by atoms with Crippen LogP contribution in [0, 0.1) is 13.8 Å². The fourth-order valence-corrected chi connectivity index (χ4v) is 5.47. The lowest BCUT2D eigenvalue weighted by atomic mass is 9.95. The summed E-state index contributed by atoms with van der Waals surface area (Å²) < 4.78 is 33.8. The van der Waals surface area contributed by atoms with E-state index in [2.05, 4.69) is 11.4 Å². The molecule has 1 fully saturated rings. The van der Waals surface area contributed by atoms with Crippen LogP contribution in [0.3, 0.4) is 0 Å². The Morgan fingerprint density at radius 2 is 1.68 bits per heavy atom. The van der Waals surface area contributed by atoms with Crippen molar-refractivity contribution < 1.29 is 12.6 Å². The van der Waals surface area contributed by atoms with E-state index in [1.165, 1.54) is 19.3 Å². The topological polar surface area (TPSA) is 72.7 Å². The van der Waals surface area contributed by atoms with Crippen molar-refractivity contribution in [1.82, 2.24) is 9.38 Å². The highest BCUT2D eigenvalue weighted by atomic mass is 32.2. The van der Waals surface area contributed by atoms with Crippen LogP contribution in [0.4, 0.5) is 5.82 Å². The number of aromatic nitrogens is 2. The van der Waals surface area contributed by atoms with Gasteiger partial charge in [-0.05, 0) is 68.7 Å². The Morgan fingerprint density at radius 3 is 2.44 bits per heavy atom. The van der Waals surface area contributed by atoms with E-state index in [4.69, 9.17) is 9.17 Å². The number of rotatable bonds is 6. The molecule has 34 heavy (non-hydrogen) atoms. The Morgan fingerprint density at radius 1 is 0.941 bits per heavy atom. The van der Waals surface area contributed by atoms with Crippen molar-refractivity contribution in [2.75, 3.05) is 5.32 Å². The maximum atomic E-state index is 13.1. The van der Waals surface area contributed by atoms with Crippen LogP contribution in [0.1, 0.15) is 43.2 Å². The summed E-state index contributed by atoms with van der Waals surface area (Å²) in [5.74, 6) is 1.13. The first kappa shape index (κ1) is 22.5. The van der Waals surface area contributed by atoms with Gasteiger partial charge in [-0.2, -0.15) is 8.42 Å². The van der Waals surface area contributed by atoms with Crippen molar-refractivity contribution in [1.29, 1.82) is 0 Å². The first-order chi connectivity index (χ1) is 16.4. The number of nitrogens with zero attached hydrogens (tertiary/aromatic N) is 2. The maximum Gasteiger partial charge on any atom is 0.339 e. The summed E-state index contributed by atoms with van der Waals surface area (Å²) in [6.07, 6.45) is 7.91. The predicted molar refractivity (Wildman–Crippen MR) is 135 cm³/mol. The molecule has 2 aromatic heterocycles. The molecule has 0 atom stereocenters. The summed E-state index contributed by atoms with van der Waals surface area (Å²) in [5, 5.41) is 3.71. The third-order valence-electron chi connectivity index (χ3n) is 6.38. The number of anilines is 1. The van der Waals surface area contributed by atoms with E-state index in [0.717, 1.165) is 35.4 Å². The molecule has 0 spiro atoms. The fourth-order valence-electron chi connectivity index (χ4n) is 4.52. The number of nitrogens with one attached hydrogen (secondary N) is 1. The van der Waals surface area contributed by atoms with Crippen LogP contribution in [0.5, 0.6) is 5.75 Å². The largest absolute Gasteiger partial charge is 0.378 e. The molecule has 1 saturated carbocycles. The molecular weight excluding hydrogens is 446 g/mol. The van der Waals surface area contributed by atoms with E-state index >= 15 is 0 Å². The van der Waals surface area contributed by atoms with Crippen LogP contribution in [0.25, 0.3) is 16.9 Å². The summed E-state index contributed by atoms with van der Waals surface area (Å²) in [4.78, 5) is 5.03. The highest BCUT2D eigenvalue weighted by Gasteiger charge is 2.24. The number of hydrogen-bond acceptors (Lipinski definition) is 5. The highest BCUT2D eigenvalue weighted by molar-refractivity contribution is 7.87. The van der Waals surface area contributed by atoms with Gasteiger partial charge in [0.15, 0.2) is 5.75 Å². The van der Waals surface area contributed by atoms with Crippen LogP contribution in [-0.4, -0.2) is 23.8 Å². The Balaban J connectivity index is 1.59. The lowest BCUT2D eigenvalue weighted by molar-refractivity contribution is 0.461. The van der Waals surface area contributed by atoms with Gasteiger partial charge in [-0.15, -0.1) is 0 Å². The molecule has 2 aromatic carbocycles. The molecule has 7 heteroatoms. The number of benzene rings is 2. The van der Waals surface area contributed by atoms with Crippen molar-refractivity contribution in [2.45, 2.75) is 56.9 Å². The van der Waals surface area contributed by atoms with Gasteiger partial charge in [0.05, 0.1) is 0 Å². The summed E-state index contributed by atoms with van der Waals surface area (Å²) in [5.41, 5.74) is 4.23. The average Bonchev–Trinajstić information content (AvgIpc) is 3.17. The summed E-state index contributed by atoms with van der Waals surface area (Å²) in [7, 11) is -3.99. The smallest absolute Gasteiger partial charge is 0.339 e. The van der Waals surface area contributed by atoms with Crippen LogP contribution < -0.4 is 9.50 Å². The standard InChI is InChI=1S/C27H29N3O3S/c1-19-12-14-22(15-13-19)34(31,32)33-24-11-7-6-10-23(24)26-27(28-21-8-4-3-5-9-21)30-17-16-20(2)18-25(30)29-26/h6-7,10-18,21,28H,3-5,8-9H2,1-2H3. The number of fused-ring (bicyclic) bond motifs is 1. The monoisotopic (exact) mass is 475 g/mol. The Kier molecular flexibility index (Phi) is 6.04. The van der Waals surface area contributed by atoms with Crippen LogP contribution >= 0.6 is 0 Å². The van der Waals surface area contributed by atoms with Crippen molar-refractivity contribution >= 4 is 21.6 Å². The number of para-hydroxylation sites is 1. The fraction of sp³-hybridized carbons (Fsp3) is 0.296. The molecule has 1 N–H and O–H groups in total. The van der Waals surface area contributed by atoms with Crippen molar-refractivity contribution in [2.24, 2.45) is 0 Å². The van der Waals surface area contributed by atoms with E-state index in [1.54, 1.807) is 36.4 Å². The van der Waals surface area contributed by atoms with Crippen molar-refractivity contribution in [3.05, 3.63) is 78.0 Å². The second-order valence-corrected chi connectivity index (χ2v) is 10.6. The van der Waals surface area contributed by atoms with Crippen molar-refractivity contribution in [3.8, 4) is 17.0 Å². The molecule has 0 bridgehead atoms. The lowest BCUT2D eigenvalue weighted by Crippen LogP contribution is -2.23. The minimum absolute atomic E-state index is 0.124. The van der Waals surface area contributed by atoms with E-state index in [0.29, 0.717) is 17.3 Å². The van der Waals surface area contributed by atoms with Crippen LogP contribution in [0.2, 0.25) is 0 Å². The number of hydrogen-bond donors (Lipinski definition) is 1. The van der Waals surface area contributed by atoms with Gasteiger partial charge >= 0.3 is 10.1 Å². The number of aryl methyl sites for hydroxylation is 2. The zero-order valence-corrected chi connectivity index (χ0v) is 20.3. The van der Waals surface area contributed by atoms with Crippen LogP contribution in [-0.2, 0) is 10.1 Å². The Labute approximate surface area is 200 Å². The molecule has 176 valence electrons. The third kappa shape index (κ3) is 4.53. The number of imidazole rings is 1. The molecule has 1 aliphatic carbocycles. The first-order valence-corrected chi connectivity index (χ1v) is 13.2. The Hall–Kier alpha value is -3.32. The highest BCUT2D eigenvalue weighted by Crippen LogP contribution is 2.37.